The zero-order valence-corrected chi connectivity index (χ0v) is 8.01. The first-order chi connectivity index (χ1) is 5.74. The van der Waals surface area contributed by atoms with E-state index in [4.69, 9.17) is 4.74 Å². The normalized spacial score (nSPS) is 25.7. The van der Waals surface area contributed by atoms with Crippen LogP contribution in [0.4, 0.5) is 0 Å². The van der Waals surface area contributed by atoms with Crippen molar-refractivity contribution < 1.29 is 9.53 Å². The first-order valence-electron chi connectivity index (χ1n) is 4.82. The first kappa shape index (κ1) is 9.72. The van der Waals surface area contributed by atoms with Crippen molar-refractivity contribution in [1.29, 1.82) is 0 Å². The minimum Gasteiger partial charge on any atom is -0.381 e. The Labute approximate surface area is 74.3 Å². The topological polar surface area (TPSA) is 26.3 Å². The van der Waals surface area contributed by atoms with Gasteiger partial charge in [0, 0.05) is 19.1 Å². The van der Waals surface area contributed by atoms with Crippen molar-refractivity contribution in [1.82, 2.24) is 0 Å². The smallest absolute Gasteiger partial charge is 0.132 e. The molecule has 70 valence electrons. The van der Waals surface area contributed by atoms with E-state index in [0.29, 0.717) is 11.7 Å². The first-order valence-corrected chi connectivity index (χ1v) is 4.82. The average Bonchev–Trinajstić information content (AvgIpc) is 2.51. The quantitative estimate of drug-likeness (QED) is 0.645. The molecular formula is C10H18O2. The number of ketones is 1. The average molecular weight is 170 g/mol. The van der Waals surface area contributed by atoms with E-state index in [1.165, 1.54) is 0 Å². The van der Waals surface area contributed by atoms with Crippen LogP contribution in [0.1, 0.15) is 33.1 Å². The molecule has 0 aliphatic carbocycles. The maximum absolute atomic E-state index is 11.1. The molecule has 0 N–H and O–H groups in total. The van der Waals surface area contributed by atoms with Crippen LogP contribution in [-0.4, -0.2) is 19.0 Å². The molecule has 0 aromatic carbocycles. The van der Waals surface area contributed by atoms with Gasteiger partial charge in [0.2, 0.25) is 0 Å². The van der Waals surface area contributed by atoms with E-state index in [2.05, 4.69) is 6.92 Å². The predicted molar refractivity (Wildman–Crippen MR) is 48.0 cm³/mol. The van der Waals surface area contributed by atoms with Crippen molar-refractivity contribution in [3.05, 3.63) is 0 Å². The molecule has 2 nitrogen and oxygen atoms in total. The van der Waals surface area contributed by atoms with Gasteiger partial charge in [0.25, 0.3) is 0 Å². The number of Topliss-reactive ketones (excluding diaryl/α,β-unsaturated/α-hetero) is 1. The van der Waals surface area contributed by atoms with Crippen LogP contribution in [-0.2, 0) is 9.53 Å². The Morgan fingerprint density at radius 3 is 2.83 bits per heavy atom. The summed E-state index contributed by atoms with van der Waals surface area (Å²) in [5, 5.41) is 0. The highest BCUT2D eigenvalue weighted by Gasteiger charge is 2.21. The number of ether oxygens (including phenoxy) is 1. The van der Waals surface area contributed by atoms with Crippen LogP contribution in [0.15, 0.2) is 0 Å². The lowest BCUT2D eigenvalue weighted by Crippen LogP contribution is -2.15. The minimum atomic E-state index is 0.275. The zero-order valence-electron chi connectivity index (χ0n) is 8.01. The Bertz CT molecular complexity index is 148. The highest BCUT2D eigenvalue weighted by molar-refractivity contribution is 5.78. The molecule has 1 rings (SSSR count). The van der Waals surface area contributed by atoms with Gasteiger partial charge in [0.05, 0.1) is 0 Å². The summed E-state index contributed by atoms with van der Waals surface area (Å²) in [7, 11) is 0. The molecule has 1 heterocycles. The van der Waals surface area contributed by atoms with Gasteiger partial charge in [-0.25, -0.2) is 0 Å². The van der Waals surface area contributed by atoms with Gasteiger partial charge in [-0.3, -0.25) is 4.79 Å². The molecule has 2 atom stereocenters. The predicted octanol–water partition coefficient (Wildman–Crippen LogP) is 2.03. The molecule has 0 amide bonds. The third-order valence-electron chi connectivity index (χ3n) is 2.71. The molecule has 2 unspecified atom stereocenters. The van der Waals surface area contributed by atoms with Crippen molar-refractivity contribution in [3.8, 4) is 0 Å². The second-order valence-electron chi connectivity index (χ2n) is 3.68. The summed E-state index contributed by atoms with van der Waals surface area (Å²) in [6, 6.07) is 0. The number of hydrogen-bond donors (Lipinski definition) is 0. The van der Waals surface area contributed by atoms with E-state index in [1.807, 2.05) is 0 Å². The second-order valence-corrected chi connectivity index (χ2v) is 3.68. The van der Waals surface area contributed by atoms with E-state index >= 15 is 0 Å². The summed E-state index contributed by atoms with van der Waals surface area (Å²) < 4.78 is 5.27. The van der Waals surface area contributed by atoms with Crippen LogP contribution in [0.5, 0.6) is 0 Å². The van der Waals surface area contributed by atoms with E-state index in [9.17, 15) is 4.79 Å². The van der Waals surface area contributed by atoms with E-state index < -0.39 is 0 Å². The molecule has 0 spiro atoms. The maximum atomic E-state index is 11.1. The molecule has 0 radical (unpaired) electrons. The summed E-state index contributed by atoms with van der Waals surface area (Å²) in [6.07, 6.45) is 3.15. The summed E-state index contributed by atoms with van der Waals surface area (Å²) in [5.41, 5.74) is 0. The van der Waals surface area contributed by atoms with Gasteiger partial charge in [-0.05, 0) is 32.1 Å². The Morgan fingerprint density at radius 1 is 1.67 bits per heavy atom. The molecule has 12 heavy (non-hydrogen) atoms. The summed E-state index contributed by atoms with van der Waals surface area (Å²) >= 11 is 0. The minimum absolute atomic E-state index is 0.275. The lowest BCUT2D eigenvalue weighted by molar-refractivity contribution is -0.121. The highest BCUT2D eigenvalue weighted by Crippen LogP contribution is 2.23. The largest absolute Gasteiger partial charge is 0.381 e. The van der Waals surface area contributed by atoms with Crippen LogP contribution < -0.4 is 0 Å². The van der Waals surface area contributed by atoms with Gasteiger partial charge in [-0.1, -0.05) is 6.92 Å². The van der Waals surface area contributed by atoms with E-state index in [-0.39, 0.29) is 5.92 Å². The fraction of sp³-hybridized carbons (Fsp3) is 0.900. The van der Waals surface area contributed by atoms with Gasteiger partial charge in [0.1, 0.15) is 5.78 Å². The molecule has 1 aliphatic heterocycles. The lowest BCUT2D eigenvalue weighted by Gasteiger charge is -2.14. The Hall–Kier alpha value is -0.370. The van der Waals surface area contributed by atoms with Crippen LogP contribution in [0.25, 0.3) is 0 Å². The molecular weight excluding hydrogens is 152 g/mol. The fourth-order valence-corrected chi connectivity index (χ4v) is 1.79. The van der Waals surface area contributed by atoms with Crippen LogP contribution >= 0.6 is 0 Å². The lowest BCUT2D eigenvalue weighted by atomic mass is 9.89. The molecule has 2 heteroatoms. The molecule has 1 aliphatic rings. The van der Waals surface area contributed by atoms with Crippen LogP contribution in [0, 0.1) is 11.8 Å². The van der Waals surface area contributed by atoms with Crippen molar-refractivity contribution >= 4 is 5.78 Å². The van der Waals surface area contributed by atoms with Crippen LogP contribution in [0.2, 0.25) is 0 Å². The van der Waals surface area contributed by atoms with Crippen molar-refractivity contribution in [2.45, 2.75) is 33.1 Å². The number of hydrogen-bond acceptors (Lipinski definition) is 2. The monoisotopic (exact) mass is 170 g/mol. The third-order valence-corrected chi connectivity index (χ3v) is 2.71. The third kappa shape index (κ3) is 2.59. The molecule has 1 saturated heterocycles. The second kappa shape index (κ2) is 4.61. The number of carbonyl (C=O) groups excluding carboxylic acids is 1. The summed E-state index contributed by atoms with van der Waals surface area (Å²) in [6.45, 7) is 5.54. The Morgan fingerprint density at radius 2 is 2.42 bits per heavy atom. The van der Waals surface area contributed by atoms with Crippen molar-refractivity contribution in [2.75, 3.05) is 13.2 Å². The fourth-order valence-electron chi connectivity index (χ4n) is 1.79. The Balaban J connectivity index is 2.30. The number of carbonyl (C=O) groups is 1. The van der Waals surface area contributed by atoms with Gasteiger partial charge in [0.15, 0.2) is 0 Å². The van der Waals surface area contributed by atoms with Gasteiger partial charge < -0.3 is 4.74 Å². The molecule has 1 fully saturated rings. The van der Waals surface area contributed by atoms with Gasteiger partial charge in [-0.15, -0.1) is 0 Å². The van der Waals surface area contributed by atoms with Gasteiger partial charge in [-0.2, -0.15) is 0 Å². The summed E-state index contributed by atoms with van der Waals surface area (Å²) in [5.74, 6) is 1.25. The van der Waals surface area contributed by atoms with Gasteiger partial charge >= 0.3 is 0 Å². The maximum Gasteiger partial charge on any atom is 0.132 e. The molecule has 0 bridgehead atoms. The van der Waals surface area contributed by atoms with Crippen molar-refractivity contribution in [3.63, 3.8) is 0 Å². The zero-order chi connectivity index (χ0) is 8.97. The standard InChI is InChI=1S/C10H18O2/c1-3-10(8(2)11)6-9-4-5-12-7-9/h9-10H,3-7H2,1-2H3. The SMILES string of the molecule is CCC(CC1CCOC1)C(C)=O. The van der Waals surface area contributed by atoms with Crippen LogP contribution in [0.3, 0.4) is 0 Å². The highest BCUT2D eigenvalue weighted by atomic mass is 16.5. The van der Waals surface area contributed by atoms with E-state index in [0.717, 1.165) is 32.5 Å². The van der Waals surface area contributed by atoms with E-state index in [1.54, 1.807) is 6.92 Å². The van der Waals surface area contributed by atoms with Crippen molar-refractivity contribution in [2.24, 2.45) is 11.8 Å². The molecule has 0 aromatic heterocycles. The summed E-state index contributed by atoms with van der Waals surface area (Å²) in [4.78, 5) is 11.1. The molecule has 0 aromatic rings. The molecule has 0 saturated carbocycles. The number of rotatable bonds is 4. The Kier molecular flexibility index (Phi) is 3.73.